The van der Waals surface area contributed by atoms with Crippen molar-refractivity contribution in [3.8, 4) is 0 Å². The fourth-order valence-electron chi connectivity index (χ4n) is 2.14. The van der Waals surface area contributed by atoms with Crippen LogP contribution in [0.15, 0.2) is 46.2 Å². The molecule has 4 N–H and O–H groups in total. The highest BCUT2D eigenvalue weighted by Gasteiger charge is 2.20. The molecular weight excluding hydrogens is 359 g/mol. The van der Waals surface area contributed by atoms with E-state index in [0.717, 1.165) is 0 Å². The van der Waals surface area contributed by atoms with Crippen LogP contribution in [0.1, 0.15) is 0 Å². The molecule has 6 nitrogen and oxygen atoms in total. The lowest BCUT2D eigenvalue weighted by Gasteiger charge is -2.08. The molecule has 0 amide bonds. The first-order valence-corrected chi connectivity index (χ1v) is 8.55. The molecule has 3 rings (SSSR count). The minimum Gasteiger partial charge on any atom is -0.383 e. The number of benzene rings is 2. The Kier molecular flexibility index (Phi) is 3.79. The van der Waals surface area contributed by atoms with Gasteiger partial charge in [0.1, 0.15) is 5.82 Å². The lowest BCUT2D eigenvalue weighted by Crippen LogP contribution is -2.04. The fraction of sp³-hybridized carbons (Fsp3) is 0. The van der Waals surface area contributed by atoms with Gasteiger partial charge in [-0.2, -0.15) is 4.98 Å². The SMILES string of the molecule is Nc1nc(N)c2cc(S(=O)(=O)c3cc(Cl)cc(Cl)c3)ccc2n1. The number of nitrogens with zero attached hydrogens (tertiary/aromatic N) is 2. The van der Waals surface area contributed by atoms with Crippen LogP contribution < -0.4 is 11.5 Å². The van der Waals surface area contributed by atoms with E-state index in [1.165, 1.54) is 36.4 Å². The molecule has 2 aromatic carbocycles. The second kappa shape index (κ2) is 5.52. The third-order valence-corrected chi connectivity index (χ3v) is 5.34. The zero-order valence-electron chi connectivity index (χ0n) is 11.5. The number of nitrogen functional groups attached to an aromatic ring is 2. The van der Waals surface area contributed by atoms with Crippen molar-refractivity contribution in [1.82, 2.24) is 9.97 Å². The van der Waals surface area contributed by atoms with Crippen LogP contribution in [0.4, 0.5) is 11.8 Å². The lowest BCUT2D eigenvalue weighted by atomic mass is 10.2. The van der Waals surface area contributed by atoms with E-state index in [1.54, 1.807) is 0 Å². The van der Waals surface area contributed by atoms with Gasteiger partial charge in [0.2, 0.25) is 15.8 Å². The molecular formula is C14H10Cl2N4O2S. The van der Waals surface area contributed by atoms with Gasteiger partial charge in [0.05, 0.1) is 15.3 Å². The number of hydrogen-bond donors (Lipinski definition) is 2. The van der Waals surface area contributed by atoms with Gasteiger partial charge in [-0.25, -0.2) is 13.4 Å². The quantitative estimate of drug-likeness (QED) is 0.718. The highest BCUT2D eigenvalue weighted by molar-refractivity contribution is 7.91. The Morgan fingerprint density at radius 2 is 1.52 bits per heavy atom. The largest absolute Gasteiger partial charge is 0.383 e. The number of anilines is 2. The van der Waals surface area contributed by atoms with E-state index in [4.69, 9.17) is 34.7 Å². The maximum atomic E-state index is 12.7. The molecule has 0 spiro atoms. The first kappa shape index (κ1) is 15.8. The zero-order chi connectivity index (χ0) is 16.8. The van der Waals surface area contributed by atoms with Crippen molar-refractivity contribution in [3.63, 3.8) is 0 Å². The van der Waals surface area contributed by atoms with E-state index in [-0.39, 0.29) is 31.6 Å². The molecule has 3 aromatic rings. The minimum absolute atomic E-state index is 0.00992. The normalized spacial score (nSPS) is 11.7. The van der Waals surface area contributed by atoms with Gasteiger partial charge in [-0.05, 0) is 36.4 Å². The number of sulfone groups is 1. The third-order valence-electron chi connectivity index (χ3n) is 3.17. The van der Waals surface area contributed by atoms with Crippen LogP contribution >= 0.6 is 23.2 Å². The van der Waals surface area contributed by atoms with Gasteiger partial charge in [-0.3, -0.25) is 0 Å². The fourth-order valence-corrected chi connectivity index (χ4v) is 4.15. The molecule has 0 atom stereocenters. The summed E-state index contributed by atoms with van der Waals surface area (Å²) < 4.78 is 25.5. The van der Waals surface area contributed by atoms with E-state index in [1.807, 2.05) is 0 Å². The number of rotatable bonds is 2. The molecule has 1 heterocycles. The van der Waals surface area contributed by atoms with E-state index in [0.29, 0.717) is 10.9 Å². The van der Waals surface area contributed by atoms with E-state index in [9.17, 15) is 8.42 Å². The Morgan fingerprint density at radius 3 is 2.17 bits per heavy atom. The first-order chi connectivity index (χ1) is 10.8. The first-order valence-electron chi connectivity index (χ1n) is 6.31. The van der Waals surface area contributed by atoms with Gasteiger partial charge in [-0.1, -0.05) is 23.2 Å². The van der Waals surface area contributed by atoms with Crippen molar-refractivity contribution in [2.75, 3.05) is 11.5 Å². The van der Waals surface area contributed by atoms with Crippen LogP contribution in [0.2, 0.25) is 10.0 Å². The van der Waals surface area contributed by atoms with Crippen molar-refractivity contribution < 1.29 is 8.42 Å². The van der Waals surface area contributed by atoms with E-state index >= 15 is 0 Å². The molecule has 23 heavy (non-hydrogen) atoms. The van der Waals surface area contributed by atoms with Crippen LogP contribution in [-0.2, 0) is 9.84 Å². The van der Waals surface area contributed by atoms with Gasteiger partial charge in [0.25, 0.3) is 0 Å². The number of fused-ring (bicyclic) bond motifs is 1. The molecule has 0 aliphatic carbocycles. The van der Waals surface area contributed by atoms with Gasteiger partial charge < -0.3 is 11.5 Å². The molecule has 0 saturated carbocycles. The third kappa shape index (κ3) is 2.90. The predicted octanol–water partition coefficient (Wildman–Crippen LogP) is 2.93. The van der Waals surface area contributed by atoms with E-state index in [2.05, 4.69) is 9.97 Å². The van der Waals surface area contributed by atoms with Crippen LogP contribution in [0.3, 0.4) is 0 Å². The second-order valence-electron chi connectivity index (χ2n) is 4.75. The Morgan fingerprint density at radius 1 is 0.870 bits per heavy atom. The molecule has 0 aliphatic rings. The smallest absolute Gasteiger partial charge is 0.222 e. The van der Waals surface area contributed by atoms with Gasteiger partial charge in [0.15, 0.2) is 0 Å². The molecule has 0 radical (unpaired) electrons. The van der Waals surface area contributed by atoms with Crippen LogP contribution in [0.25, 0.3) is 10.9 Å². The molecule has 9 heteroatoms. The number of halogens is 2. The summed E-state index contributed by atoms with van der Waals surface area (Å²) in [5.41, 5.74) is 11.8. The Labute approximate surface area is 142 Å². The van der Waals surface area contributed by atoms with Crippen molar-refractivity contribution in [3.05, 3.63) is 46.4 Å². The van der Waals surface area contributed by atoms with Gasteiger partial charge >= 0.3 is 0 Å². The Balaban J connectivity index is 2.22. The van der Waals surface area contributed by atoms with Crippen molar-refractivity contribution >= 4 is 55.7 Å². The molecule has 1 aromatic heterocycles. The summed E-state index contributed by atoms with van der Waals surface area (Å²) >= 11 is 11.8. The summed E-state index contributed by atoms with van der Waals surface area (Å²) in [4.78, 5) is 7.86. The number of hydrogen-bond acceptors (Lipinski definition) is 6. The number of aromatic nitrogens is 2. The van der Waals surface area contributed by atoms with Gasteiger partial charge in [0, 0.05) is 15.4 Å². The average Bonchev–Trinajstić information content (AvgIpc) is 2.45. The molecule has 0 fully saturated rings. The standard InChI is InChI=1S/C14H10Cl2N4O2S/c15-7-3-8(16)5-10(4-7)23(21,22)9-1-2-12-11(6-9)13(17)20-14(18)19-12/h1-6H,(H4,17,18,19,20). The molecule has 0 saturated heterocycles. The Hall–Kier alpha value is -2.09. The van der Waals surface area contributed by atoms with Crippen molar-refractivity contribution in [2.45, 2.75) is 9.79 Å². The van der Waals surface area contributed by atoms with Crippen molar-refractivity contribution in [2.24, 2.45) is 0 Å². The summed E-state index contributed by atoms with van der Waals surface area (Å²) in [5.74, 6) is 0.126. The highest BCUT2D eigenvalue weighted by Crippen LogP contribution is 2.29. The van der Waals surface area contributed by atoms with Crippen LogP contribution in [-0.4, -0.2) is 18.4 Å². The minimum atomic E-state index is -3.81. The monoisotopic (exact) mass is 368 g/mol. The molecule has 0 unspecified atom stereocenters. The van der Waals surface area contributed by atoms with E-state index < -0.39 is 9.84 Å². The van der Waals surface area contributed by atoms with Crippen LogP contribution in [0.5, 0.6) is 0 Å². The molecule has 118 valence electrons. The molecule has 0 aliphatic heterocycles. The number of nitrogens with two attached hydrogens (primary N) is 2. The maximum Gasteiger partial charge on any atom is 0.222 e. The van der Waals surface area contributed by atoms with Crippen molar-refractivity contribution in [1.29, 1.82) is 0 Å². The average molecular weight is 369 g/mol. The topological polar surface area (TPSA) is 112 Å². The Bertz CT molecular complexity index is 1020. The zero-order valence-corrected chi connectivity index (χ0v) is 13.8. The summed E-state index contributed by atoms with van der Waals surface area (Å²) in [6, 6.07) is 8.44. The molecule has 0 bridgehead atoms. The predicted molar refractivity (Wildman–Crippen MR) is 90.3 cm³/mol. The second-order valence-corrected chi connectivity index (χ2v) is 7.58. The van der Waals surface area contributed by atoms with Crippen LogP contribution in [0, 0.1) is 0 Å². The summed E-state index contributed by atoms with van der Waals surface area (Å²) in [7, 11) is -3.81. The maximum absolute atomic E-state index is 12.7. The lowest BCUT2D eigenvalue weighted by molar-refractivity contribution is 0.596. The highest BCUT2D eigenvalue weighted by atomic mass is 35.5. The summed E-state index contributed by atoms with van der Waals surface area (Å²) in [6.07, 6.45) is 0. The summed E-state index contributed by atoms with van der Waals surface area (Å²) in [5, 5.41) is 0.855. The van der Waals surface area contributed by atoms with Gasteiger partial charge in [-0.15, -0.1) is 0 Å². The summed E-state index contributed by atoms with van der Waals surface area (Å²) in [6.45, 7) is 0.